The largest absolute Gasteiger partial charge is 0.475 e. The quantitative estimate of drug-likeness (QED) is 0.860. The highest BCUT2D eigenvalue weighted by Gasteiger charge is 2.42. The van der Waals surface area contributed by atoms with Crippen LogP contribution >= 0.6 is 0 Å². The minimum Gasteiger partial charge on any atom is -0.475 e. The molecule has 1 aromatic carbocycles. The van der Waals surface area contributed by atoms with Crippen molar-refractivity contribution in [2.75, 3.05) is 0 Å². The Morgan fingerprint density at radius 3 is 2.38 bits per heavy atom. The molecular formula is C12H6F5NO3. The fourth-order valence-corrected chi connectivity index (χ4v) is 1.62. The third-order valence-corrected chi connectivity index (χ3v) is 2.59. The number of hydrogen-bond donors (Lipinski definition) is 1. The zero-order valence-electron chi connectivity index (χ0n) is 10.3. The summed E-state index contributed by atoms with van der Waals surface area (Å²) in [5.74, 6) is -7.06. The van der Waals surface area contributed by atoms with E-state index in [1.54, 1.807) is 0 Å². The average Bonchev–Trinajstić information content (AvgIpc) is 2.79. The van der Waals surface area contributed by atoms with E-state index in [9.17, 15) is 26.7 Å². The highest BCUT2D eigenvalue weighted by molar-refractivity contribution is 5.86. The monoisotopic (exact) mass is 307 g/mol. The van der Waals surface area contributed by atoms with Gasteiger partial charge in [0.1, 0.15) is 17.2 Å². The number of aromatic carboxylic acids is 1. The lowest BCUT2D eigenvalue weighted by Gasteiger charge is -2.03. The van der Waals surface area contributed by atoms with Crippen molar-refractivity contribution < 1.29 is 36.3 Å². The second-order valence-electron chi connectivity index (χ2n) is 4.05. The number of hydrogen-bond acceptors (Lipinski definition) is 3. The number of halogens is 5. The summed E-state index contributed by atoms with van der Waals surface area (Å²) in [6.45, 7) is 1.25. The van der Waals surface area contributed by atoms with Crippen molar-refractivity contribution in [1.29, 1.82) is 0 Å². The molecule has 21 heavy (non-hydrogen) atoms. The number of nitrogens with zero attached hydrogens (tertiary/aromatic N) is 1. The molecule has 0 spiro atoms. The number of benzene rings is 1. The van der Waals surface area contributed by atoms with Crippen LogP contribution < -0.4 is 0 Å². The first-order valence-corrected chi connectivity index (χ1v) is 5.39. The minimum atomic E-state index is -5.13. The molecule has 0 radical (unpaired) electrons. The molecule has 0 aliphatic heterocycles. The molecule has 0 fully saturated rings. The first kappa shape index (κ1) is 14.9. The number of oxazole rings is 1. The lowest BCUT2D eigenvalue weighted by atomic mass is 10.1. The molecule has 0 aliphatic carbocycles. The first-order valence-electron chi connectivity index (χ1n) is 5.39. The third kappa shape index (κ3) is 2.58. The Kier molecular flexibility index (Phi) is 3.44. The molecule has 0 amide bonds. The number of alkyl halides is 3. The van der Waals surface area contributed by atoms with E-state index in [0.29, 0.717) is 0 Å². The second-order valence-corrected chi connectivity index (χ2v) is 4.05. The number of aryl methyl sites for hydroxylation is 1. The molecule has 4 nitrogen and oxygen atoms in total. The summed E-state index contributed by atoms with van der Waals surface area (Å²) in [5.41, 5.74) is -2.87. The highest BCUT2D eigenvalue weighted by Crippen LogP contribution is 2.36. The van der Waals surface area contributed by atoms with Gasteiger partial charge in [0.15, 0.2) is 5.69 Å². The van der Waals surface area contributed by atoms with Gasteiger partial charge in [0.25, 0.3) is 0 Å². The van der Waals surface area contributed by atoms with Crippen molar-refractivity contribution >= 4 is 5.97 Å². The standard InChI is InChI=1S/C12H6F5NO3/c1-4-2-3-5(13)6(7(4)14)10-18-9(12(15,16)17)8(21-10)11(19)20/h2-3H,1H3,(H,19,20). The summed E-state index contributed by atoms with van der Waals surface area (Å²) in [4.78, 5) is 13.6. The minimum absolute atomic E-state index is 0.0602. The van der Waals surface area contributed by atoms with Crippen molar-refractivity contribution in [2.45, 2.75) is 13.1 Å². The van der Waals surface area contributed by atoms with Crippen molar-refractivity contribution in [1.82, 2.24) is 4.98 Å². The van der Waals surface area contributed by atoms with Gasteiger partial charge in [-0.2, -0.15) is 13.2 Å². The summed E-state index contributed by atoms with van der Waals surface area (Å²) >= 11 is 0. The zero-order chi connectivity index (χ0) is 15.9. The fraction of sp³-hybridized carbons (Fsp3) is 0.167. The van der Waals surface area contributed by atoms with Gasteiger partial charge in [0, 0.05) is 0 Å². The van der Waals surface area contributed by atoms with E-state index in [4.69, 9.17) is 5.11 Å². The maximum atomic E-state index is 13.8. The van der Waals surface area contributed by atoms with E-state index in [-0.39, 0.29) is 5.56 Å². The Hall–Kier alpha value is -2.45. The van der Waals surface area contributed by atoms with E-state index in [2.05, 4.69) is 9.40 Å². The van der Waals surface area contributed by atoms with Crippen molar-refractivity contribution in [3.05, 3.63) is 40.8 Å². The van der Waals surface area contributed by atoms with Crippen LogP contribution in [0.25, 0.3) is 11.5 Å². The summed E-state index contributed by atoms with van der Waals surface area (Å²) in [7, 11) is 0. The maximum Gasteiger partial charge on any atom is 0.437 e. The molecule has 1 heterocycles. The van der Waals surface area contributed by atoms with Gasteiger partial charge in [-0.3, -0.25) is 0 Å². The van der Waals surface area contributed by atoms with Crippen LogP contribution in [0.3, 0.4) is 0 Å². The molecule has 0 aliphatic rings. The summed E-state index contributed by atoms with van der Waals surface area (Å²) in [6.07, 6.45) is -5.13. The van der Waals surface area contributed by atoms with Crippen LogP contribution in [0.15, 0.2) is 16.5 Å². The molecule has 0 unspecified atom stereocenters. The normalized spacial score (nSPS) is 11.7. The molecule has 9 heteroatoms. The second kappa shape index (κ2) is 4.83. The number of carboxylic acids is 1. The van der Waals surface area contributed by atoms with Gasteiger partial charge in [0.05, 0.1) is 0 Å². The highest BCUT2D eigenvalue weighted by atomic mass is 19.4. The van der Waals surface area contributed by atoms with E-state index >= 15 is 0 Å². The Morgan fingerprint density at radius 1 is 1.29 bits per heavy atom. The van der Waals surface area contributed by atoms with Crippen LogP contribution in [0.1, 0.15) is 21.8 Å². The van der Waals surface area contributed by atoms with Gasteiger partial charge in [-0.15, -0.1) is 0 Å². The Bertz CT molecular complexity index is 720. The number of carboxylic acid groups (broad SMARTS) is 1. The van der Waals surface area contributed by atoms with Crippen LogP contribution in [-0.2, 0) is 6.18 Å². The van der Waals surface area contributed by atoms with Crippen LogP contribution in [0, 0.1) is 18.6 Å². The van der Waals surface area contributed by atoms with Crippen molar-refractivity contribution in [2.24, 2.45) is 0 Å². The summed E-state index contributed by atoms with van der Waals surface area (Å²) < 4.78 is 69.7. The predicted molar refractivity (Wildman–Crippen MR) is 58.6 cm³/mol. The zero-order valence-corrected chi connectivity index (χ0v) is 10.3. The van der Waals surface area contributed by atoms with Gasteiger partial charge >= 0.3 is 12.1 Å². The molecule has 1 aromatic heterocycles. The topological polar surface area (TPSA) is 63.3 Å². The van der Waals surface area contributed by atoms with E-state index in [1.807, 2.05) is 0 Å². The lowest BCUT2D eigenvalue weighted by Crippen LogP contribution is -2.11. The van der Waals surface area contributed by atoms with Gasteiger partial charge in [-0.1, -0.05) is 6.07 Å². The molecule has 0 bridgehead atoms. The first-order chi connectivity index (χ1) is 9.62. The van der Waals surface area contributed by atoms with E-state index in [0.717, 1.165) is 12.1 Å². The Balaban J connectivity index is 2.73. The lowest BCUT2D eigenvalue weighted by molar-refractivity contribution is -0.141. The van der Waals surface area contributed by atoms with Crippen LogP contribution in [-0.4, -0.2) is 16.1 Å². The number of aromatic nitrogens is 1. The molecule has 0 saturated heterocycles. The smallest absolute Gasteiger partial charge is 0.437 e. The van der Waals surface area contributed by atoms with Crippen LogP contribution in [0.5, 0.6) is 0 Å². The predicted octanol–water partition coefficient (Wildman–Crippen LogP) is 3.65. The van der Waals surface area contributed by atoms with E-state index in [1.165, 1.54) is 6.92 Å². The Morgan fingerprint density at radius 2 is 1.90 bits per heavy atom. The molecule has 2 rings (SSSR count). The van der Waals surface area contributed by atoms with Gasteiger partial charge in [0.2, 0.25) is 11.7 Å². The molecule has 1 N–H and O–H groups in total. The average molecular weight is 307 g/mol. The van der Waals surface area contributed by atoms with Crippen molar-refractivity contribution in [3.63, 3.8) is 0 Å². The Labute approximate surface area is 113 Å². The van der Waals surface area contributed by atoms with Crippen LogP contribution in [0.4, 0.5) is 22.0 Å². The molecule has 0 saturated carbocycles. The molecular weight excluding hydrogens is 301 g/mol. The molecule has 112 valence electrons. The molecule has 2 aromatic rings. The maximum absolute atomic E-state index is 13.8. The van der Waals surface area contributed by atoms with Crippen LogP contribution in [0.2, 0.25) is 0 Å². The number of carbonyl (C=O) groups is 1. The van der Waals surface area contributed by atoms with Gasteiger partial charge in [-0.05, 0) is 18.6 Å². The van der Waals surface area contributed by atoms with Gasteiger partial charge < -0.3 is 9.52 Å². The van der Waals surface area contributed by atoms with Crippen molar-refractivity contribution in [3.8, 4) is 11.5 Å². The van der Waals surface area contributed by atoms with Gasteiger partial charge in [-0.25, -0.2) is 18.6 Å². The third-order valence-electron chi connectivity index (χ3n) is 2.59. The van der Waals surface area contributed by atoms with E-state index < -0.39 is 46.7 Å². The number of rotatable bonds is 2. The molecule has 0 atom stereocenters. The summed E-state index contributed by atoms with van der Waals surface area (Å²) in [5, 5.41) is 8.66. The SMILES string of the molecule is Cc1ccc(F)c(-c2nc(C(F)(F)F)c(C(=O)O)o2)c1F. The summed E-state index contributed by atoms with van der Waals surface area (Å²) in [6, 6.07) is 1.88. The fourth-order valence-electron chi connectivity index (χ4n) is 1.62.